The summed E-state index contributed by atoms with van der Waals surface area (Å²) in [4.78, 5) is 24.0. The van der Waals surface area contributed by atoms with Gasteiger partial charge in [0, 0.05) is 26.2 Å². The Morgan fingerprint density at radius 3 is 1.43 bits per heavy atom. The van der Waals surface area contributed by atoms with E-state index in [2.05, 4.69) is 23.6 Å². The van der Waals surface area contributed by atoms with Crippen LogP contribution in [0.3, 0.4) is 0 Å². The predicted octanol–water partition coefficient (Wildman–Crippen LogP) is 2.32. The van der Waals surface area contributed by atoms with E-state index in [4.69, 9.17) is 29.4 Å². The Kier molecular flexibility index (Phi) is 6.71. The third-order valence-electron chi connectivity index (χ3n) is 4.61. The average Bonchev–Trinajstić information content (AvgIpc) is 2.75. The predicted molar refractivity (Wildman–Crippen MR) is 114 cm³/mol. The van der Waals surface area contributed by atoms with Crippen molar-refractivity contribution in [1.29, 1.82) is 0 Å². The third-order valence-corrected chi connectivity index (χ3v) is 6.30. The summed E-state index contributed by atoms with van der Waals surface area (Å²) >= 11 is 3.43. The number of rotatable bonds is 6. The summed E-state index contributed by atoms with van der Waals surface area (Å²) in [6.07, 6.45) is 0. The zero-order chi connectivity index (χ0) is 19.3. The van der Waals surface area contributed by atoms with E-state index >= 15 is 0 Å². The van der Waals surface area contributed by atoms with Crippen LogP contribution in [-0.4, -0.2) is 84.0 Å². The summed E-state index contributed by atoms with van der Waals surface area (Å²) < 4.78 is 11.0. The molecule has 152 valence electrons. The van der Waals surface area contributed by atoms with Crippen LogP contribution in [0.5, 0.6) is 0 Å². The molecule has 0 spiro atoms. The highest BCUT2D eigenvalue weighted by Gasteiger charge is 2.22. The van der Waals surface area contributed by atoms with Crippen LogP contribution in [0.2, 0.25) is 0 Å². The molecule has 2 aromatic rings. The van der Waals surface area contributed by atoms with Gasteiger partial charge in [-0.3, -0.25) is 0 Å². The molecule has 0 aromatic carbocycles. The van der Waals surface area contributed by atoms with Crippen LogP contribution in [0.4, 0.5) is 11.9 Å². The maximum absolute atomic E-state index is 5.48. The second kappa shape index (κ2) is 9.43. The van der Waals surface area contributed by atoms with Gasteiger partial charge in [0.05, 0.1) is 26.4 Å². The van der Waals surface area contributed by atoms with Crippen molar-refractivity contribution in [2.75, 3.05) is 73.9 Å². The molecule has 0 radical (unpaired) electrons. The Balaban J connectivity index is 1.82. The summed E-state index contributed by atoms with van der Waals surface area (Å²) in [6, 6.07) is 0. The molecule has 4 heterocycles. The van der Waals surface area contributed by atoms with Gasteiger partial charge in [0.25, 0.3) is 0 Å². The quantitative estimate of drug-likeness (QED) is 0.511. The van der Waals surface area contributed by atoms with Gasteiger partial charge in [0.15, 0.2) is 0 Å². The summed E-state index contributed by atoms with van der Waals surface area (Å²) in [5.41, 5.74) is 1.72. The first kappa shape index (κ1) is 19.9. The van der Waals surface area contributed by atoms with Gasteiger partial charge in [-0.1, -0.05) is 13.8 Å². The van der Waals surface area contributed by atoms with Crippen LogP contribution in [0.25, 0.3) is 11.0 Å². The summed E-state index contributed by atoms with van der Waals surface area (Å²) in [5, 5.41) is 1.87. The smallest absolute Gasteiger partial charge is 0.227 e. The fraction of sp³-hybridized carbons (Fsp3) is 0.667. The number of aromatic nitrogens is 4. The molecule has 0 unspecified atom stereocenters. The Morgan fingerprint density at radius 1 is 0.679 bits per heavy atom. The van der Waals surface area contributed by atoms with Crippen molar-refractivity contribution in [3.8, 4) is 0 Å². The molecule has 2 aromatic heterocycles. The Morgan fingerprint density at radius 2 is 1.07 bits per heavy atom. The van der Waals surface area contributed by atoms with Crippen LogP contribution >= 0.6 is 23.5 Å². The molecule has 2 aliphatic heterocycles. The molecule has 10 heteroatoms. The molecule has 0 N–H and O–H groups in total. The number of thioether (sulfide) groups is 2. The minimum atomic E-state index is 0.709. The van der Waals surface area contributed by atoms with Crippen LogP contribution in [0, 0.1) is 0 Å². The lowest BCUT2D eigenvalue weighted by molar-refractivity contribution is 0.122. The van der Waals surface area contributed by atoms with Crippen LogP contribution in [0.15, 0.2) is 10.1 Å². The molecule has 2 saturated heterocycles. The molecule has 2 aliphatic rings. The van der Waals surface area contributed by atoms with E-state index in [9.17, 15) is 0 Å². The third kappa shape index (κ3) is 4.29. The fourth-order valence-electron chi connectivity index (χ4n) is 3.23. The highest BCUT2D eigenvalue weighted by atomic mass is 32.2. The summed E-state index contributed by atoms with van der Waals surface area (Å²) in [7, 11) is 0. The number of morpholine rings is 2. The highest BCUT2D eigenvalue weighted by Crippen LogP contribution is 2.33. The van der Waals surface area contributed by atoms with Gasteiger partial charge < -0.3 is 19.3 Å². The summed E-state index contributed by atoms with van der Waals surface area (Å²) in [5.74, 6) is 3.38. The van der Waals surface area contributed by atoms with E-state index in [1.165, 1.54) is 0 Å². The lowest BCUT2D eigenvalue weighted by Gasteiger charge is -2.28. The van der Waals surface area contributed by atoms with Crippen molar-refractivity contribution in [1.82, 2.24) is 19.9 Å². The molecule has 4 rings (SSSR count). The monoisotopic (exact) mass is 422 g/mol. The Labute approximate surface area is 173 Å². The van der Waals surface area contributed by atoms with Gasteiger partial charge in [-0.2, -0.15) is 0 Å². The number of nitrogens with zero attached hydrogens (tertiary/aromatic N) is 6. The van der Waals surface area contributed by atoms with Crippen molar-refractivity contribution in [2.24, 2.45) is 0 Å². The normalized spacial score (nSPS) is 18.1. The second-order valence-corrected chi connectivity index (χ2v) is 8.93. The maximum atomic E-state index is 5.48. The van der Waals surface area contributed by atoms with Gasteiger partial charge in [-0.25, -0.2) is 19.9 Å². The fourth-order valence-corrected chi connectivity index (χ4v) is 4.62. The first-order chi connectivity index (χ1) is 13.8. The zero-order valence-electron chi connectivity index (χ0n) is 16.4. The van der Waals surface area contributed by atoms with E-state index < -0.39 is 0 Å². The first-order valence-corrected chi connectivity index (χ1v) is 11.8. The highest BCUT2D eigenvalue weighted by molar-refractivity contribution is 7.99. The van der Waals surface area contributed by atoms with Crippen molar-refractivity contribution in [3.63, 3.8) is 0 Å². The first-order valence-electron chi connectivity index (χ1n) is 9.81. The van der Waals surface area contributed by atoms with Gasteiger partial charge >= 0.3 is 0 Å². The van der Waals surface area contributed by atoms with Gasteiger partial charge in [-0.15, -0.1) is 23.5 Å². The number of anilines is 2. The van der Waals surface area contributed by atoms with Crippen LogP contribution < -0.4 is 9.80 Å². The molecule has 0 atom stereocenters. The minimum absolute atomic E-state index is 0.709. The van der Waals surface area contributed by atoms with E-state index in [0.717, 1.165) is 70.7 Å². The molecule has 0 saturated carbocycles. The molecule has 0 bridgehead atoms. The summed E-state index contributed by atoms with van der Waals surface area (Å²) in [6.45, 7) is 10.4. The molecular weight excluding hydrogens is 396 g/mol. The van der Waals surface area contributed by atoms with E-state index in [1.807, 2.05) is 0 Å². The topological polar surface area (TPSA) is 76.5 Å². The molecule has 0 aliphatic carbocycles. The van der Waals surface area contributed by atoms with E-state index in [-0.39, 0.29) is 0 Å². The van der Waals surface area contributed by atoms with Gasteiger partial charge in [-0.05, 0) is 11.5 Å². The van der Waals surface area contributed by atoms with Gasteiger partial charge in [0.2, 0.25) is 11.9 Å². The van der Waals surface area contributed by atoms with Gasteiger partial charge in [0.1, 0.15) is 21.1 Å². The van der Waals surface area contributed by atoms with E-state index in [0.29, 0.717) is 26.4 Å². The Bertz CT molecular complexity index is 745. The lowest BCUT2D eigenvalue weighted by atomic mass is 10.4. The largest absolute Gasteiger partial charge is 0.378 e. The van der Waals surface area contributed by atoms with Crippen molar-refractivity contribution in [3.05, 3.63) is 0 Å². The maximum Gasteiger partial charge on any atom is 0.227 e. The zero-order valence-corrected chi connectivity index (χ0v) is 18.0. The van der Waals surface area contributed by atoms with Crippen LogP contribution in [-0.2, 0) is 9.47 Å². The number of hydrogen-bond donors (Lipinski definition) is 0. The standard InChI is InChI=1S/C18H26N6O2S2/c1-3-27-15-13-14(20-17(21-15)23-5-9-25-10-6-23)16(28-4-2)22-18(19-13)24-7-11-26-12-8-24/h3-12H2,1-2H3. The molecular formula is C18H26N6O2S2. The molecule has 2 fully saturated rings. The van der Waals surface area contributed by atoms with Crippen LogP contribution in [0.1, 0.15) is 13.8 Å². The average molecular weight is 423 g/mol. The SMILES string of the molecule is CCSc1nc(N2CCOCC2)nc2c(SCC)nc(N3CCOCC3)nc12. The van der Waals surface area contributed by atoms with E-state index in [1.54, 1.807) is 23.5 Å². The minimum Gasteiger partial charge on any atom is -0.378 e. The molecule has 0 amide bonds. The van der Waals surface area contributed by atoms with Crippen molar-refractivity contribution in [2.45, 2.75) is 23.9 Å². The number of ether oxygens (including phenoxy) is 2. The van der Waals surface area contributed by atoms with Crippen molar-refractivity contribution >= 4 is 46.5 Å². The second-order valence-electron chi connectivity index (χ2n) is 6.42. The van der Waals surface area contributed by atoms with Crippen molar-refractivity contribution < 1.29 is 9.47 Å². The lowest BCUT2D eigenvalue weighted by Crippen LogP contribution is -2.38. The number of fused-ring (bicyclic) bond motifs is 1. The molecule has 8 nitrogen and oxygen atoms in total. The number of hydrogen-bond acceptors (Lipinski definition) is 10. The Hall–Kier alpha value is -1.36. The molecule has 28 heavy (non-hydrogen) atoms.